The molecule has 2 rings (SSSR count). The summed E-state index contributed by atoms with van der Waals surface area (Å²) in [6.07, 6.45) is 2.49. The lowest BCUT2D eigenvalue weighted by Gasteiger charge is -2.10. The van der Waals surface area contributed by atoms with Crippen molar-refractivity contribution in [1.82, 2.24) is 4.72 Å². The van der Waals surface area contributed by atoms with Crippen molar-refractivity contribution < 1.29 is 0 Å². The summed E-state index contributed by atoms with van der Waals surface area (Å²) in [6, 6.07) is 8.69. The Bertz CT molecular complexity index is 285. The minimum absolute atomic E-state index is 0.802. The van der Waals surface area contributed by atoms with Gasteiger partial charge in [-0.3, -0.25) is 4.72 Å². The lowest BCUT2D eigenvalue weighted by atomic mass is 9.97. The molecule has 13 heavy (non-hydrogen) atoms. The summed E-state index contributed by atoms with van der Waals surface area (Å²) in [5, 5.41) is 0. The van der Waals surface area contributed by atoms with Gasteiger partial charge in [-0.05, 0) is 35.9 Å². The Labute approximate surface area is 84.1 Å². The van der Waals surface area contributed by atoms with Crippen LogP contribution in [0.25, 0.3) is 0 Å². The Morgan fingerprint density at radius 2 is 2.31 bits per heavy atom. The Kier molecular flexibility index (Phi) is 2.91. The molecule has 1 aromatic carbocycles. The molecule has 0 saturated heterocycles. The fourth-order valence-corrected chi connectivity index (χ4v) is 2.58. The third-order valence-electron chi connectivity index (χ3n) is 2.61. The van der Waals surface area contributed by atoms with E-state index in [9.17, 15) is 0 Å². The molecule has 1 nitrogen and oxygen atoms in total. The van der Waals surface area contributed by atoms with Crippen LogP contribution in [-0.4, -0.2) is 6.54 Å². The van der Waals surface area contributed by atoms with Crippen LogP contribution in [0.1, 0.15) is 18.9 Å². The number of hydrogen-bond donors (Lipinski definition) is 1. The van der Waals surface area contributed by atoms with E-state index in [1.807, 2.05) is 0 Å². The summed E-state index contributed by atoms with van der Waals surface area (Å²) in [5.41, 5.74) is 1.50. The maximum Gasteiger partial charge on any atom is 0.0260 e. The third kappa shape index (κ3) is 2.06. The first kappa shape index (κ1) is 9.10. The van der Waals surface area contributed by atoms with Gasteiger partial charge in [0.1, 0.15) is 0 Å². The van der Waals surface area contributed by atoms with Gasteiger partial charge in [-0.25, -0.2) is 0 Å². The topological polar surface area (TPSA) is 12.0 Å². The quantitative estimate of drug-likeness (QED) is 0.688. The minimum atomic E-state index is 0.802. The number of fused-ring (bicyclic) bond motifs is 1. The highest BCUT2D eigenvalue weighted by atomic mass is 32.2. The average Bonchev–Trinajstić information content (AvgIpc) is 2.38. The van der Waals surface area contributed by atoms with E-state index >= 15 is 0 Å². The fraction of sp³-hybridized carbons (Fsp3) is 0.455. The van der Waals surface area contributed by atoms with Crippen LogP contribution in [-0.2, 0) is 6.42 Å². The van der Waals surface area contributed by atoms with Gasteiger partial charge >= 0.3 is 0 Å². The summed E-state index contributed by atoms with van der Waals surface area (Å²) >= 11 is 1.78. The monoisotopic (exact) mass is 193 g/mol. The van der Waals surface area contributed by atoms with Crippen molar-refractivity contribution in [2.24, 2.45) is 5.92 Å². The number of nitrogens with one attached hydrogen (secondary N) is 1. The Morgan fingerprint density at radius 3 is 3.15 bits per heavy atom. The molecule has 1 N–H and O–H groups in total. The molecule has 0 unspecified atom stereocenters. The van der Waals surface area contributed by atoms with Crippen LogP contribution in [0.2, 0.25) is 0 Å². The number of rotatable bonds is 1. The Hall–Kier alpha value is -0.470. The predicted octanol–water partition coefficient (Wildman–Crippen LogP) is 2.87. The smallest absolute Gasteiger partial charge is 0.0260 e. The zero-order chi connectivity index (χ0) is 9.10. The van der Waals surface area contributed by atoms with E-state index < -0.39 is 0 Å². The SMILES string of the molecule is CC[C@@H]1CNSc2ccccc2C1. The number of hydrogen-bond acceptors (Lipinski definition) is 2. The highest BCUT2D eigenvalue weighted by Crippen LogP contribution is 2.26. The van der Waals surface area contributed by atoms with Crippen LogP contribution in [0, 0.1) is 5.92 Å². The van der Waals surface area contributed by atoms with E-state index in [2.05, 4.69) is 35.9 Å². The molecule has 0 spiro atoms. The molecular formula is C11H15NS. The molecule has 0 saturated carbocycles. The van der Waals surface area contributed by atoms with Gasteiger partial charge in [-0.2, -0.15) is 0 Å². The zero-order valence-electron chi connectivity index (χ0n) is 7.92. The summed E-state index contributed by atoms with van der Waals surface area (Å²) in [5.74, 6) is 0.802. The van der Waals surface area contributed by atoms with Crippen LogP contribution in [0.15, 0.2) is 29.2 Å². The lowest BCUT2D eigenvalue weighted by molar-refractivity contribution is 0.507. The van der Waals surface area contributed by atoms with Crippen molar-refractivity contribution in [3.05, 3.63) is 29.8 Å². The summed E-state index contributed by atoms with van der Waals surface area (Å²) in [6.45, 7) is 3.40. The summed E-state index contributed by atoms with van der Waals surface area (Å²) < 4.78 is 3.42. The molecule has 0 bridgehead atoms. The van der Waals surface area contributed by atoms with Crippen molar-refractivity contribution >= 4 is 11.9 Å². The molecule has 0 aliphatic carbocycles. The van der Waals surface area contributed by atoms with E-state index in [4.69, 9.17) is 0 Å². The molecule has 2 heteroatoms. The van der Waals surface area contributed by atoms with Crippen LogP contribution < -0.4 is 4.72 Å². The van der Waals surface area contributed by atoms with Gasteiger partial charge < -0.3 is 0 Å². The van der Waals surface area contributed by atoms with Crippen molar-refractivity contribution in [1.29, 1.82) is 0 Å². The molecular weight excluding hydrogens is 178 g/mol. The van der Waals surface area contributed by atoms with Gasteiger partial charge in [0, 0.05) is 11.4 Å². The van der Waals surface area contributed by atoms with Gasteiger partial charge in [0.25, 0.3) is 0 Å². The third-order valence-corrected chi connectivity index (χ3v) is 3.54. The molecule has 1 aliphatic rings. The molecule has 0 amide bonds. The van der Waals surface area contributed by atoms with Crippen molar-refractivity contribution in [2.75, 3.05) is 6.54 Å². The Morgan fingerprint density at radius 1 is 1.46 bits per heavy atom. The molecule has 0 fully saturated rings. The molecule has 1 atom stereocenters. The standard InChI is InChI=1S/C11H15NS/c1-2-9-7-10-5-3-4-6-11(10)13-12-8-9/h3-6,9,12H,2,7-8H2,1H3/t9-/m0/s1. The second-order valence-electron chi connectivity index (χ2n) is 3.54. The molecule has 0 radical (unpaired) electrons. The van der Waals surface area contributed by atoms with Gasteiger partial charge in [-0.15, -0.1) is 0 Å². The van der Waals surface area contributed by atoms with E-state index in [1.165, 1.54) is 23.3 Å². The van der Waals surface area contributed by atoms with Crippen LogP contribution in [0.4, 0.5) is 0 Å². The number of benzene rings is 1. The Balaban J connectivity index is 2.23. The predicted molar refractivity (Wildman–Crippen MR) is 57.8 cm³/mol. The normalized spacial score (nSPS) is 22.1. The first-order chi connectivity index (χ1) is 6.40. The highest BCUT2D eigenvalue weighted by Gasteiger charge is 2.14. The maximum absolute atomic E-state index is 3.42. The second-order valence-corrected chi connectivity index (χ2v) is 4.47. The highest BCUT2D eigenvalue weighted by molar-refractivity contribution is 7.97. The van der Waals surface area contributed by atoms with Crippen molar-refractivity contribution in [3.8, 4) is 0 Å². The molecule has 1 heterocycles. The zero-order valence-corrected chi connectivity index (χ0v) is 8.73. The molecule has 0 aromatic heterocycles. The molecule has 1 aliphatic heterocycles. The minimum Gasteiger partial charge on any atom is -0.260 e. The van der Waals surface area contributed by atoms with Crippen LogP contribution in [0.3, 0.4) is 0 Å². The molecule has 1 aromatic rings. The van der Waals surface area contributed by atoms with Crippen LogP contribution >= 0.6 is 11.9 Å². The summed E-state index contributed by atoms with van der Waals surface area (Å²) in [4.78, 5) is 1.40. The first-order valence-electron chi connectivity index (χ1n) is 4.87. The lowest BCUT2D eigenvalue weighted by Crippen LogP contribution is -2.15. The average molecular weight is 193 g/mol. The van der Waals surface area contributed by atoms with Gasteiger partial charge in [0.05, 0.1) is 0 Å². The van der Waals surface area contributed by atoms with Gasteiger partial charge in [0.2, 0.25) is 0 Å². The first-order valence-corrected chi connectivity index (χ1v) is 5.69. The van der Waals surface area contributed by atoms with Crippen molar-refractivity contribution in [3.63, 3.8) is 0 Å². The second kappa shape index (κ2) is 4.16. The molecule has 70 valence electrons. The largest absolute Gasteiger partial charge is 0.260 e. The summed E-state index contributed by atoms with van der Waals surface area (Å²) in [7, 11) is 0. The van der Waals surface area contributed by atoms with E-state index in [-0.39, 0.29) is 0 Å². The fourth-order valence-electron chi connectivity index (χ4n) is 1.68. The van der Waals surface area contributed by atoms with E-state index in [1.54, 1.807) is 11.9 Å². The van der Waals surface area contributed by atoms with Crippen LogP contribution in [0.5, 0.6) is 0 Å². The van der Waals surface area contributed by atoms with Crippen molar-refractivity contribution in [2.45, 2.75) is 24.7 Å². The maximum atomic E-state index is 3.42. The van der Waals surface area contributed by atoms with E-state index in [0.717, 1.165) is 12.5 Å². The van der Waals surface area contributed by atoms with Gasteiger partial charge in [-0.1, -0.05) is 31.5 Å². The van der Waals surface area contributed by atoms with Gasteiger partial charge in [0.15, 0.2) is 0 Å². The van der Waals surface area contributed by atoms with E-state index in [0.29, 0.717) is 0 Å².